The quantitative estimate of drug-likeness (QED) is 0.739. The Labute approximate surface area is 164 Å². The van der Waals surface area contributed by atoms with Crippen molar-refractivity contribution in [2.45, 2.75) is 31.2 Å². The molecular formula is C19H21F4N5O. The van der Waals surface area contributed by atoms with E-state index in [1.165, 1.54) is 12.3 Å². The lowest BCUT2D eigenvalue weighted by molar-refractivity contribution is -0.274. The van der Waals surface area contributed by atoms with Crippen LogP contribution in [-0.4, -0.2) is 52.1 Å². The van der Waals surface area contributed by atoms with Crippen LogP contribution in [0.2, 0.25) is 0 Å². The normalized spacial score (nSPS) is 26.6. The first kappa shape index (κ1) is 18.7. The Bertz CT molecular complexity index is 914. The minimum absolute atomic E-state index is 0.322. The summed E-state index contributed by atoms with van der Waals surface area (Å²) in [6.07, 6.45) is 0.604. The van der Waals surface area contributed by atoms with E-state index >= 15 is 0 Å². The van der Waals surface area contributed by atoms with Crippen LogP contribution in [0.4, 0.5) is 23.4 Å². The van der Waals surface area contributed by atoms with E-state index in [2.05, 4.69) is 19.2 Å². The largest absolute Gasteiger partial charge is 0.573 e. The second-order valence-electron chi connectivity index (χ2n) is 8.09. The van der Waals surface area contributed by atoms with Gasteiger partial charge in [-0.15, -0.1) is 13.2 Å². The number of piperidine rings is 1. The highest BCUT2D eigenvalue weighted by Gasteiger charge is 2.57. The molecular weight excluding hydrogens is 390 g/mol. The molecule has 3 fully saturated rings. The summed E-state index contributed by atoms with van der Waals surface area (Å²) in [7, 11) is 0. The number of rotatable bonds is 6. The van der Waals surface area contributed by atoms with E-state index in [1.807, 2.05) is 6.20 Å². The van der Waals surface area contributed by atoms with Gasteiger partial charge in [-0.3, -0.25) is 0 Å². The van der Waals surface area contributed by atoms with Crippen LogP contribution in [-0.2, 0) is 0 Å². The molecule has 1 aliphatic heterocycles. The summed E-state index contributed by atoms with van der Waals surface area (Å²) in [4.78, 5) is 10.7. The van der Waals surface area contributed by atoms with Gasteiger partial charge in [0.1, 0.15) is 12.5 Å². The third-order valence-electron chi connectivity index (χ3n) is 6.05. The van der Waals surface area contributed by atoms with E-state index in [0.717, 1.165) is 31.8 Å². The fraction of sp³-hybridized carbons (Fsp3) is 0.579. The molecule has 1 unspecified atom stereocenters. The number of fused-ring (bicyclic) bond motifs is 1. The predicted molar refractivity (Wildman–Crippen MR) is 97.0 cm³/mol. The van der Waals surface area contributed by atoms with Crippen molar-refractivity contribution in [3.05, 3.63) is 24.3 Å². The Kier molecular flexibility index (Phi) is 4.23. The van der Waals surface area contributed by atoms with E-state index in [9.17, 15) is 17.6 Å². The molecule has 0 radical (unpaired) electrons. The monoisotopic (exact) mass is 411 g/mol. The van der Waals surface area contributed by atoms with Crippen molar-refractivity contribution in [3.63, 3.8) is 0 Å². The number of nitrogens with two attached hydrogens (primary N) is 1. The number of hydrogen-bond donors (Lipinski definition) is 1. The Morgan fingerprint density at radius 1 is 1.21 bits per heavy atom. The average molecular weight is 411 g/mol. The van der Waals surface area contributed by atoms with Gasteiger partial charge in [-0.25, -0.2) is 14.4 Å². The molecule has 2 aliphatic carbocycles. The number of alkyl halides is 4. The maximum atomic E-state index is 12.6. The van der Waals surface area contributed by atoms with Gasteiger partial charge in [0, 0.05) is 49.6 Å². The van der Waals surface area contributed by atoms with Crippen LogP contribution in [0.3, 0.4) is 0 Å². The molecule has 0 aromatic carbocycles. The Hall–Kier alpha value is -2.36. The van der Waals surface area contributed by atoms with Crippen molar-refractivity contribution in [2.75, 3.05) is 32.0 Å². The van der Waals surface area contributed by atoms with Crippen LogP contribution in [0.1, 0.15) is 30.6 Å². The van der Waals surface area contributed by atoms with E-state index in [-0.39, 0.29) is 12.5 Å². The van der Waals surface area contributed by atoms with Gasteiger partial charge in [-0.1, -0.05) is 0 Å². The molecule has 5 rings (SSSR count). The number of nitrogens with zero attached hydrogens (tertiary/aromatic N) is 4. The lowest BCUT2D eigenvalue weighted by Gasteiger charge is -2.18. The highest BCUT2D eigenvalue weighted by atomic mass is 19.4. The zero-order valence-corrected chi connectivity index (χ0v) is 15.6. The second-order valence-corrected chi connectivity index (χ2v) is 8.09. The SMILES string of the molecule is Nc1ncc(-c2cn(C3[C@H]4CN(CCF)C[C@@H]34)c(C3CC3)n2)cc1OC(F)(F)F. The Morgan fingerprint density at radius 3 is 2.55 bits per heavy atom. The predicted octanol–water partition coefficient (Wildman–Crippen LogP) is 3.38. The first-order valence-corrected chi connectivity index (χ1v) is 9.73. The van der Waals surface area contributed by atoms with Crippen LogP contribution in [0, 0.1) is 11.8 Å². The molecule has 1 saturated heterocycles. The molecule has 10 heteroatoms. The van der Waals surface area contributed by atoms with Crippen LogP contribution in [0.25, 0.3) is 11.3 Å². The molecule has 0 spiro atoms. The highest BCUT2D eigenvalue weighted by molar-refractivity contribution is 5.64. The smallest absolute Gasteiger partial charge is 0.402 e. The molecule has 0 amide bonds. The van der Waals surface area contributed by atoms with Crippen molar-refractivity contribution in [3.8, 4) is 17.0 Å². The highest BCUT2D eigenvalue weighted by Crippen LogP contribution is 2.57. The molecule has 2 aromatic heterocycles. The van der Waals surface area contributed by atoms with Gasteiger partial charge >= 0.3 is 6.36 Å². The summed E-state index contributed by atoms with van der Waals surface area (Å²) in [5.74, 6) is 1.48. The first-order chi connectivity index (χ1) is 13.8. The molecule has 3 aliphatic rings. The van der Waals surface area contributed by atoms with E-state index in [1.54, 1.807) is 0 Å². The molecule has 6 nitrogen and oxygen atoms in total. The van der Waals surface area contributed by atoms with Crippen LogP contribution in [0.5, 0.6) is 5.75 Å². The third-order valence-corrected chi connectivity index (χ3v) is 6.05. The summed E-state index contributed by atoms with van der Waals surface area (Å²) in [6, 6.07) is 1.56. The zero-order valence-electron chi connectivity index (χ0n) is 15.6. The molecule has 2 N–H and O–H groups in total. The second kappa shape index (κ2) is 6.58. The average Bonchev–Trinajstić information content (AvgIpc) is 3.52. The van der Waals surface area contributed by atoms with Gasteiger partial charge in [-0.05, 0) is 30.7 Å². The molecule has 2 aromatic rings. The van der Waals surface area contributed by atoms with Gasteiger partial charge in [-0.2, -0.15) is 0 Å². The molecule has 3 atom stereocenters. The lowest BCUT2D eigenvalue weighted by atomic mass is 10.2. The van der Waals surface area contributed by atoms with Crippen molar-refractivity contribution in [1.29, 1.82) is 0 Å². The van der Waals surface area contributed by atoms with Gasteiger partial charge in [0.2, 0.25) is 0 Å². The summed E-state index contributed by atoms with van der Waals surface area (Å²) in [5.41, 5.74) is 6.53. The summed E-state index contributed by atoms with van der Waals surface area (Å²) in [5, 5.41) is 0. The van der Waals surface area contributed by atoms with Crippen LogP contribution < -0.4 is 10.5 Å². The maximum absolute atomic E-state index is 12.6. The fourth-order valence-corrected chi connectivity index (χ4v) is 4.53. The molecule has 0 bridgehead atoms. The number of likely N-dealkylation sites (tertiary alicyclic amines) is 1. The van der Waals surface area contributed by atoms with Crippen LogP contribution in [0.15, 0.2) is 18.5 Å². The van der Waals surface area contributed by atoms with E-state index in [4.69, 9.17) is 10.7 Å². The van der Waals surface area contributed by atoms with Crippen LogP contribution >= 0.6 is 0 Å². The number of imidazole rings is 1. The number of pyridine rings is 1. The first-order valence-electron chi connectivity index (χ1n) is 9.73. The number of hydrogen-bond acceptors (Lipinski definition) is 5. The summed E-state index contributed by atoms with van der Waals surface area (Å²) < 4.78 is 56.6. The summed E-state index contributed by atoms with van der Waals surface area (Å²) >= 11 is 0. The summed E-state index contributed by atoms with van der Waals surface area (Å²) in [6.45, 7) is 1.90. The zero-order chi connectivity index (χ0) is 20.3. The number of nitrogen functional groups attached to an aromatic ring is 1. The minimum Gasteiger partial charge on any atom is -0.402 e. The van der Waals surface area contributed by atoms with E-state index in [0.29, 0.717) is 41.6 Å². The molecule has 156 valence electrons. The van der Waals surface area contributed by atoms with Crippen molar-refractivity contribution >= 4 is 5.82 Å². The topological polar surface area (TPSA) is 69.2 Å². The minimum atomic E-state index is -4.84. The van der Waals surface area contributed by atoms with Gasteiger partial charge < -0.3 is 19.9 Å². The number of aromatic nitrogens is 3. The van der Waals surface area contributed by atoms with Gasteiger partial charge in [0.05, 0.1) is 5.69 Å². The fourth-order valence-electron chi connectivity index (χ4n) is 4.53. The maximum Gasteiger partial charge on any atom is 0.573 e. The molecule has 29 heavy (non-hydrogen) atoms. The van der Waals surface area contributed by atoms with Gasteiger partial charge in [0.25, 0.3) is 0 Å². The third kappa shape index (κ3) is 3.54. The number of anilines is 1. The lowest BCUT2D eigenvalue weighted by Crippen LogP contribution is -2.27. The van der Waals surface area contributed by atoms with Crippen molar-refractivity contribution < 1.29 is 22.3 Å². The van der Waals surface area contributed by atoms with Crippen molar-refractivity contribution in [1.82, 2.24) is 19.4 Å². The number of halogens is 4. The molecule has 3 heterocycles. The standard InChI is InChI=1S/C19H21F4N5O/c20-3-4-27-7-12-13(8-27)16(12)28-9-14(26-18(28)10-1-2-10)11-5-15(17(24)25-6-11)29-19(21,22)23/h5-6,9-10,12-13,16H,1-4,7-8H2,(H2,24,25)/t12-,13+,16?. The Balaban J connectivity index is 1.42. The molecule has 2 saturated carbocycles. The van der Waals surface area contributed by atoms with Gasteiger partial charge in [0.15, 0.2) is 11.6 Å². The number of ether oxygens (including phenoxy) is 1. The van der Waals surface area contributed by atoms with E-state index < -0.39 is 12.1 Å². The van der Waals surface area contributed by atoms with Crippen molar-refractivity contribution in [2.24, 2.45) is 11.8 Å². The Morgan fingerprint density at radius 2 is 1.93 bits per heavy atom.